The Morgan fingerprint density at radius 2 is 1.95 bits per heavy atom. The second-order valence-electron chi connectivity index (χ2n) is 4.66. The Bertz CT molecular complexity index is 739. The molecule has 0 saturated carbocycles. The number of hydrogen-bond acceptors (Lipinski definition) is 5. The topological polar surface area (TPSA) is 91.4 Å². The molecule has 1 heterocycles. The number of benzene rings is 1. The van der Waals surface area contributed by atoms with E-state index in [0.29, 0.717) is 0 Å². The summed E-state index contributed by atoms with van der Waals surface area (Å²) in [6, 6.07) is 10.3. The van der Waals surface area contributed by atoms with Gasteiger partial charge >= 0.3 is 5.97 Å². The van der Waals surface area contributed by atoms with Crippen LogP contribution in [-0.2, 0) is 16.1 Å². The number of nitro groups is 1. The summed E-state index contributed by atoms with van der Waals surface area (Å²) in [5.41, 5.74) is 0.0477. The number of aromatic nitrogens is 1. The molecule has 0 aliphatic rings. The molecule has 7 nitrogen and oxygen atoms in total. The first-order chi connectivity index (χ1) is 10.5. The summed E-state index contributed by atoms with van der Waals surface area (Å²) < 4.78 is 6.12. The third kappa shape index (κ3) is 3.57. The van der Waals surface area contributed by atoms with Crippen molar-refractivity contribution < 1.29 is 14.5 Å². The van der Waals surface area contributed by atoms with Crippen molar-refractivity contribution in [2.75, 3.05) is 0 Å². The number of nitrogens with zero attached hydrogens (tertiary/aromatic N) is 2. The summed E-state index contributed by atoms with van der Waals surface area (Å²) in [4.78, 5) is 33.9. The first kappa shape index (κ1) is 15.4. The van der Waals surface area contributed by atoms with E-state index >= 15 is 0 Å². The Hall–Kier alpha value is -2.96. The minimum Gasteiger partial charge on any atom is -0.459 e. The van der Waals surface area contributed by atoms with E-state index in [1.165, 1.54) is 6.92 Å². The van der Waals surface area contributed by atoms with Crippen LogP contribution in [0.15, 0.2) is 53.5 Å². The molecule has 2 aromatic rings. The summed E-state index contributed by atoms with van der Waals surface area (Å²) in [5.74, 6) is -0.633. The number of esters is 1. The Kier molecular flexibility index (Phi) is 4.67. The molecule has 0 amide bonds. The second kappa shape index (κ2) is 6.66. The molecule has 0 N–H and O–H groups in total. The van der Waals surface area contributed by atoms with Crippen LogP contribution < -0.4 is 5.56 Å². The average Bonchev–Trinajstić information content (AvgIpc) is 2.53. The molecule has 1 atom stereocenters. The highest BCUT2D eigenvalue weighted by Gasteiger charge is 2.20. The van der Waals surface area contributed by atoms with Gasteiger partial charge < -0.3 is 4.74 Å². The molecule has 0 aliphatic heterocycles. The maximum Gasteiger partial charge on any atom is 0.329 e. The predicted molar refractivity (Wildman–Crippen MR) is 78.3 cm³/mol. The summed E-state index contributed by atoms with van der Waals surface area (Å²) in [6.07, 6.45) is 1.04. The fourth-order valence-electron chi connectivity index (χ4n) is 1.87. The van der Waals surface area contributed by atoms with Crippen molar-refractivity contribution in [3.05, 3.63) is 74.7 Å². The molecular formula is C15H14N2O5. The highest BCUT2D eigenvalue weighted by atomic mass is 16.6. The molecule has 0 saturated heterocycles. The maximum atomic E-state index is 12.0. The van der Waals surface area contributed by atoms with Crippen molar-refractivity contribution in [3.63, 3.8) is 0 Å². The van der Waals surface area contributed by atoms with Crippen LogP contribution in [0.4, 0.5) is 5.69 Å². The van der Waals surface area contributed by atoms with Crippen LogP contribution in [0, 0.1) is 10.1 Å². The van der Waals surface area contributed by atoms with Gasteiger partial charge in [-0.2, -0.15) is 0 Å². The van der Waals surface area contributed by atoms with E-state index in [1.807, 2.05) is 18.2 Å². The standard InChI is InChI=1S/C15H14N2O5/c1-11(15(19)22-10-12-5-3-2-4-6-12)16-9-13(17(20)21)7-8-14(16)18/h2-9,11H,10H2,1H3. The first-order valence-corrected chi connectivity index (χ1v) is 6.56. The average molecular weight is 302 g/mol. The van der Waals surface area contributed by atoms with Gasteiger partial charge in [-0.25, -0.2) is 4.79 Å². The van der Waals surface area contributed by atoms with E-state index in [4.69, 9.17) is 4.74 Å². The van der Waals surface area contributed by atoms with Crippen LogP contribution in [0.3, 0.4) is 0 Å². The first-order valence-electron chi connectivity index (χ1n) is 6.56. The Morgan fingerprint density at radius 3 is 2.59 bits per heavy atom. The van der Waals surface area contributed by atoms with Crippen LogP contribution in [0.2, 0.25) is 0 Å². The molecule has 114 valence electrons. The monoisotopic (exact) mass is 302 g/mol. The lowest BCUT2D eigenvalue weighted by molar-refractivity contribution is -0.385. The quantitative estimate of drug-likeness (QED) is 0.479. The van der Waals surface area contributed by atoms with Crippen LogP contribution in [0.25, 0.3) is 0 Å². The lowest BCUT2D eigenvalue weighted by Gasteiger charge is -2.14. The zero-order chi connectivity index (χ0) is 16.1. The van der Waals surface area contributed by atoms with E-state index < -0.39 is 22.5 Å². The van der Waals surface area contributed by atoms with Crippen LogP contribution in [0.1, 0.15) is 18.5 Å². The van der Waals surface area contributed by atoms with Crippen molar-refractivity contribution in [1.82, 2.24) is 4.57 Å². The van der Waals surface area contributed by atoms with Crippen molar-refractivity contribution in [2.24, 2.45) is 0 Å². The molecule has 2 rings (SSSR count). The van der Waals surface area contributed by atoms with Gasteiger partial charge in [0.2, 0.25) is 0 Å². The molecule has 1 unspecified atom stereocenters. The van der Waals surface area contributed by atoms with Gasteiger partial charge in [-0.05, 0) is 12.5 Å². The van der Waals surface area contributed by atoms with Gasteiger partial charge in [0.1, 0.15) is 12.6 Å². The third-order valence-corrected chi connectivity index (χ3v) is 3.12. The van der Waals surface area contributed by atoms with Crippen LogP contribution >= 0.6 is 0 Å². The molecule has 1 aromatic carbocycles. The molecule has 0 bridgehead atoms. The predicted octanol–water partition coefficient (Wildman–Crippen LogP) is 2.06. The fraction of sp³-hybridized carbons (Fsp3) is 0.200. The maximum absolute atomic E-state index is 12.0. The van der Waals surface area contributed by atoms with Gasteiger partial charge in [0.15, 0.2) is 0 Å². The number of carbonyl (C=O) groups is 1. The molecule has 0 spiro atoms. The zero-order valence-corrected chi connectivity index (χ0v) is 11.8. The smallest absolute Gasteiger partial charge is 0.329 e. The number of pyridine rings is 1. The normalized spacial score (nSPS) is 11.7. The van der Waals surface area contributed by atoms with E-state index in [9.17, 15) is 19.7 Å². The van der Waals surface area contributed by atoms with Crippen LogP contribution in [0.5, 0.6) is 0 Å². The highest BCUT2D eigenvalue weighted by molar-refractivity contribution is 5.73. The SMILES string of the molecule is CC(C(=O)OCc1ccccc1)n1cc([N+](=O)[O-])ccc1=O. The summed E-state index contributed by atoms with van der Waals surface area (Å²) in [5, 5.41) is 10.7. The van der Waals surface area contributed by atoms with Gasteiger partial charge in [0.05, 0.1) is 11.1 Å². The molecule has 0 aliphatic carbocycles. The highest BCUT2D eigenvalue weighted by Crippen LogP contribution is 2.13. The van der Waals surface area contributed by atoms with Crippen molar-refractivity contribution in [3.8, 4) is 0 Å². The van der Waals surface area contributed by atoms with Gasteiger partial charge in [0, 0.05) is 12.1 Å². The van der Waals surface area contributed by atoms with Crippen LogP contribution in [-0.4, -0.2) is 15.5 Å². The van der Waals surface area contributed by atoms with Crippen molar-refractivity contribution in [1.29, 1.82) is 0 Å². The Balaban J connectivity index is 2.12. The number of ether oxygens (including phenoxy) is 1. The molecule has 0 fully saturated rings. The summed E-state index contributed by atoms with van der Waals surface area (Å²) in [7, 11) is 0. The molecule has 7 heteroatoms. The van der Waals surface area contributed by atoms with Gasteiger partial charge in [-0.15, -0.1) is 0 Å². The summed E-state index contributed by atoms with van der Waals surface area (Å²) >= 11 is 0. The summed E-state index contributed by atoms with van der Waals surface area (Å²) in [6.45, 7) is 1.53. The van der Waals surface area contributed by atoms with E-state index in [0.717, 1.165) is 28.5 Å². The molecule has 22 heavy (non-hydrogen) atoms. The number of rotatable bonds is 5. The van der Waals surface area contributed by atoms with E-state index in [2.05, 4.69) is 0 Å². The molecule has 1 aromatic heterocycles. The largest absolute Gasteiger partial charge is 0.459 e. The van der Waals surface area contributed by atoms with E-state index in [1.54, 1.807) is 12.1 Å². The lowest BCUT2D eigenvalue weighted by atomic mass is 10.2. The number of carbonyl (C=O) groups excluding carboxylic acids is 1. The van der Waals surface area contributed by atoms with Gasteiger partial charge in [-0.3, -0.25) is 19.5 Å². The fourth-order valence-corrected chi connectivity index (χ4v) is 1.87. The van der Waals surface area contributed by atoms with Gasteiger partial charge in [0.25, 0.3) is 11.2 Å². The van der Waals surface area contributed by atoms with E-state index in [-0.39, 0.29) is 12.3 Å². The van der Waals surface area contributed by atoms with Crippen molar-refractivity contribution >= 4 is 11.7 Å². The Morgan fingerprint density at radius 1 is 1.27 bits per heavy atom. The Labute approximate surface area is 125 Å². The third-order valence-electron chi connectivity index (χ3n) is 3.12. The molecular weight excluding hydrogens is 288 g/mol. The molecule has 0 radical (unpaired) electrons. The minimum atomic E-state index is -0.948. The number of hydrogen-bond donors (Lipinski definition) is 0. The van der Waals surface area contributed by atoms with Crippen molar-refractivity contribution in [2.45, 2.75) is 19.6 Å². The second-order valence-corrected chi connectivity index (χ2v) is 4.66. The minimum absolute atomic E-state index is 0.0771. The zero-order valence-electron chi connectivity index (χ0n) is 11.8. The van der Waals surface area contributed by atoms with Gasteiger partial charge in [-0.1, -0.05) is 30.3 Å². The lowest BCUT2D eigenvalue weighted by Crippen LogP contribution is -2.28.